The number of aryl methyl sites for hydroxylation is 2. The molecule has 1 rings (SSSR count). The first-order valence-corrected chi connectivity index (χ1v) is 11.7. The van der Waals surface area contributed by atoms with Crippen molar-refractivity contribution >= 4 is 33.4 Å². The summed E-state index contributed by atoms with van der Waals surface area (Å²) in [5.74, 6) is 0.530. The lowest BCUT2D eigenvalue weighted by Gasteiger charge is -2.31. The third-order valence-electron chi connectivity index (χ3n) is 3.87. The number of benzene rings is 1. The van der Waals surface area contributed by atoms with Gasteiger partial charge in [-0.1, -0.05) is 39.8 Å². The van der Waals surface area contributed by atoms with Crippen LogP contribution in [0.2, 0.25) is 0 Å². The van der Waals surface area contributed by atoms with Gasteiger partial charge in [0.05, 0.1) is 11.9 Å². The highest BCUT2D eigenvalue weighted by Crippen LogP contribution is 2.27. The maximum absolute atomic E-state index is 12.7. The van der Waals surface area contributed by atoms with Crippen LogP contribution in [-0.4, -0.2) is 43.7 Å². The van der Waals surface area contributed by atoms with Crippen molar-refractivity contribution < 1.29 is 13.2 Å². The summed E-state index contributed by atoms with van der Waals surface area (Å²) in [6.07, 6.45) is 1.55. The van der Waals surface area contributed by atoms with E-state index < -0.39 is 16.1 Å². The molecule has 0 fully saturated rings. The Kier molecular flexibility index (Phi) is 8.02. The van der Waals surface area contributed by atoms with Crippen LogP contribution in [0.1, 0.15) is 45.2 Å². The Labute approximate surface area is 163 Å². The molecule has 0 bridgehead atoms. The van der Waals surface area contributed by atoms with Crippen LogP contribution in [0.4, 0.5) is 5.69 Å². The number of anilines is 1. The standard InChI is InChI=1S/C19H32N2O3S2/c1-8-16(18(22)20-11-12-25-19(4,5)6)21(26(7,23)24)17-13-14(2)9-10-15(17)3/h9-10,13,16H,8,11-12H2,1-7H3,(H,20,22). The van der Waals surface area contributed by atoms with E-state index in [-0.39, 0.29) is 10.7 Å². The quantitative estimate of drug-likeness (QED) is 0.678. The zero-order valence-corrected chi connectivity index (χ0v) is 18.6. The molecule has 148 valence electrons. The molecule has 1 amide bonds. The van der Waals surface area contributed by atoms with Gasteiger partial charge in [0.25, 0.3) is 0 Å². The third kappa shape index (κ3) is 6.83. The fourth-order valence-electron chi connectivity index (χ4n) is 2.64. The van der Waals surface area contributed by atoms with E-state index in [1.807, 2.05) is 39.0 Å². The van der Waals surface area contributed by atoms with Crippen molar-refractivity contribution in [2.45, 2.75) is 58.8 Å². The number of carbonyl (C=O) groups excluding carboxylic acids is 1. The molecule has 1 aromatic carbocycles. The lowest BCUT2D eigenvalue weighted by Crippen LogP contribution is -2.50. The van der Waals surface area contributed by atoms with Crippen LogP contribution in [0.25, 0.3) is 0 Å². The molecule has 0 saturated heterocycles. The number of rotatable bonds is 8. The summed E-state index contributed by atoms with van der Waals surface area (Å²) in [6.45, 7) is 12.5. The van der Waals surface area contributed by atoms with Gasteiger partial charge in [-0.3, -0.25) is 9.10 Å². The zero-order chi connectivity index (χ0) is 20.1. The molecule has 0 heterocycles. The molecule has 7 heteroatoms. The highest BCUT2D eigenvalue weighted by atomic mass is 32.2. The number of thioether (sulfide) groups is 1. The van der Waals surface area contributed by atoms with Crippen LogP contribution in [0.5, 0.6) is 0 Å². The summed E-state index contributed by atoms with van der Waals surface area (Å²) in [6, 6.07) is 4.88. The van der Waals surface area contributed by atoms with Gasteiger partial charge in [0.2, 0.25) is 15.9 Å². The second kappa shape index (κ2) is 9.13. The Morgan fingerprint density at radius 3 is 2.38 bits per heavy atom. The van der Waals surface area contributed by atoms with E-state index in [4.69, 9.17) is 0 Å². The molecule has 26 heavy (non-hydrogen) atoms. The zero-order valence-electron chi connectivity index (χ0n) is 16.9. The van der Waals surface area contributed by atoms with E-state index in [1.54, 1.807) is 11.8 Å². The largest absolute Gasteiger partial charge is 0.353 e. The first kappa shape index (κ1) is 22.8. The maximum Gasteiger partial charge on any atom is 0.243 e. The van der Waals surface area contributed by atoms with E-state index in [2.05, 4.69) is 26.1 Å². The van der Waals surface area contributed by atoms with Gasteiger partial charge >= 0.3 is 0 Å². The van der Waals surface area contributed by atoms with Crippen molar-refractivity contribution in [3.63, 3.8) is 0 Å². The maximum atomic E-state index is 12.7. The van der Waals surface area contributed by atoms with Crippen LogP contribution >= 0.6 is 11.8 Å². The molecule has 1 unspecified atom stereocenters. The number of nitrogens with zero attached hydrogens (tertiary/aromatic N) is 1. The summed E-state index contributed by atoms with van der Waals surface area (Å²) < 4.78 is 26.4. The van der Waals surface area contributed by atoms with Gasteiger partial charge in [0, 0.05) is 17.0 Å². The monoisotopic (exact) mass is 400 g/mol. The third-order valence-corrected chi connectivity index (χ3v) is 6.31. The normalized spacial score (nSPS) is 13.3. The van der Waals surface area contributed by atoms with Gasteiger partial charge in [0.15, 0.2) is 0 Å². The molecule has 1 N–H and O–H groups in total. The second-order valence-electron chi connectivity index (χ2n) is 7.52. The predicted octanol–water partition coefficient (Wildman–Crippen LogP) is 3.50. The molecule has 0 aromatic heterocycles. The number of amides is 1. The molecule has 0 saturated carbocycles. The van der Waals surface area contributed by atoms with Crippen LogP contribution < -0.4 is 9.62 Å². The average molecular weight is 401 g/mol. The van der Waals surface area contributed by atoms with Crippen LogP contribution in [-0.2, 0) is 14.8 Å². The van der Waals surface area contributed by atoms with Gasteiger partial charge in [-0.25, -0.2) is 8.42 Å². The van der Waals surface area contributed by atoms with Crippen molar-refractivity contribution in [2.75, 3.05) is 22.9 Å². The summed E-state index contributed by atoms with van der Waals surface area (Å²) in [7, 11) is -3.60. The fraction of sp³-hybridized carbons (Fsp3) is 0.632. The number of hydrogen-bond donors (Lipinski definition) is 1. The highest BCUT2D eigenvalue weighted by Gasteiger charge is 2.32. The van der Waals surface area contributed by atoms with E-state index in [9.17, 15) is 13.2 Å². The number of carbonyl (C=O) groups is 1. The molecule has 0 radical (unpaired) electrons. The summed E-state index contributed by atoms with van der Waals surface area (Å²) in [5, 5.41) is 2.90. The van der Waals surface area contributed by atoms with Gasteiger partial charge in [0.1, 0.15) is 6.04 Å². The van der Waals surface area contributed by atoms with Crippen molar-refractivity contribution in [3.8, 4) is 0 Å². The second-order valence-corrected chi connectivity index (χ2v) is 11.3. The van der Waals surface area contributed by atoms with Crippen LogP contribution in [0.15, 0.2) is 18.2 Å². The van der Waals surface area contributed by atoms with Gasteiger partial charge < -0.3 is 5.32 Å². The van der Waals surface area contributed by atoms with Crippen molar-refractivity contribution in [2.24, 2.45) is 0 Å². The number of sulfonamides is 1. The van der Waals surface area contributed by atoms with E-state index in [1.165, 1.54) is 4.31 Å². The Balaban J connectivity index is 3.04. The lowest BCUT2D eigenvalue weighted by atomic mass is 10.1. The number of nitrogens with one attached hydrogen (secondary N) is 1. The Bertz CT molecular complexity index is 725. The molecule has 1 atom stereocenters. The fourth-order valence-corrected chi connectivity index (χ4v) is 4.72. The molecule has 1 aromatic rings. The van der Waals surface area contributed by atoms with Gasteiger partial charge in [-0.2, -0.15) is 11.8 Å². The highest BCUT2D eigenvalue weighted by molar-refractivity contribution is 8.00. The summed E-state index contributed by atoms with van der Waals surface area (Å²) >= 11 is 1.76. The minimum absolute atomic E-state index is 0.131. The van der Waals surface area contributed by atoms with E-state index >= 15 is 0 Å². The summed E-state index contributed by atoms with van der Waals surface area (Å²) in [5.41, 5.74) is 2.35. The minimum Gasteiger partial charge on any atom is -0.353 e. The molecule has 0 aliphatic carbocycles. The lowest BCUT2D eigenvalue weighted by molar-refractivity contribution is -0.122. The van der Waals surface area contributed by atoms with Crippen molar-refractivity contribution in [1.82, 2.24) is 5.32 Å². The average Bonchev–Trinajstić information content (AvgIpc) is 2.49. The molecule has 0 aliphatic heterocycles. The predicted molar refractivity (Wildman–Crippen MR) is 113 cm³/mol. The van der Waals surface area contributed by atoms with Gasteiger partial charge in [-0.05, 0) is 37.5 Å². The first-order valence-electron chi connectivity index (χ1n) is 8.85. The van der Waals surface area contributed by atoms with Crippen molar-refractivity contribution in [1.29, 1.82) is 0 Å². The molecule has 0 aliphatic rings. The van der Waals surface area contributed by atoms with E-state index in [0.717, 1.165) is 23.1 Å². The number of hydrogen-bond acceptors (Lipinski definition) is 4. The SMILES string of the molecule is CCC(C(=O)NCCSC(C)(C)C)N(c1cc(C)ccc1C)S(C)(=O)=O. The topological polar surface area (TPSA) is 66.5 Å². The first-order chi connectivity index (χ1) is 11.9. The van der Waals surface area contributed by atoms with Crippen LogP contribution in [0, 0.1) is 13.8 Å². The Morgan fingerprint density at radius 2 is 1.88 bits per heavy atom. The summed E-state index contributed by atoms with van der Waals surface area (Å²) in [4.78, 5) is 12.7. The molecular formula is C19H32N2O3S2. The van der Waals surface area contributed by atoms with Crippen molar-refractivity contribution in [3.05, 3.63) is 29.3 Å². The minimum atomic E-state index is -3.60. The van der Waals surface area contributed by atoms with E-state index in [0.29, 0.717) is 18.7 Å². The molecule has 5 nitrogen and oxygen atoms in total. The molecule has 0 spiro atoms. The Morgan fingerprint density at radius 1 is 1.27 bits per heavy atom. The van der Waals surface area contributed by atoms with Crippen LogP contribution in [0.3, 0.4) is 0 Å². The Hall–Kier alpha value is -1.21. The molecular weight excluding hydrogens is 368 g/mol. The van der Waals surface area contributed by atoms with Gasteiger partial charge in [-0.15, -0.1) is 0 Å². The smallest absolute Gasteiger partial charge is 0.243 e.